The standard InChI is InChI=1S/C21H29N3O4S/c25-21(23-22-19-9-8-16-4-1-2-5-17(16)14-19)18-6-3-7-20(15-18)29(26,27)24-10-12-28-13-11-24/h3,6-7,15-17H,1-2,4-5,8-14H2,(H,23,25)/b22-19-/t16-,17-/m0/s1. The van der Waals surface area contributed by atoms with Crippen LogP contribution in [0.1, 0.15) is 55.3 Å². The molecule has 29 heavy (non-hydrogen) atoms. The van der Waals surface area contributed by atoms with Gasteiger partial charge in [0, 0.05) is 24.4 Å². The van der Waals surface area contributed by atoms with Gasteiger partial charge in [-0.2, -0.15) is 9.41 Å². The van der Waals surface area contributed by atoms with E-state index in [4.69, 9.17) is 4.74 Å². The summed E-state index contributed by atoms with van der Waals surface area (Å²) in [5.41, 5.74) is 4.00. The summed E-state index contributed by atoms with van der Waals surface area (Å²) in [6.45, 7) is 1.43. The van der Waals surface area contributed by atoms with Crippen molar-refractivity contribution in [1.82, 2.24) is 9.73 Å². The lowest BCUT2D eigenvalue weighted by molar-refractivity contribution is 0.0730. The van der Waals surface area contributed by atoms with E-state index in [1.807, 2.05) is 0 Å². The van der Waals surface area contributed by atoms with Crippen molar-refractivity contribution in [3.63, 3.8) is 0 Å². The third-order valence-electron chi connectivity index (χ3n) is 6.39. The van der Waals surface area contributed by atoms with Crippen LogP contribution in [0.15, 0.2) is 34.3 Å². The van der Waals surface area contributed by atoms with Crippen molar-refractivity contribution in [2.24, 2.45) is 16.9 Å². The summed E-state index contributed by atoms with van der Waals surface area (Å²) >= 11 is 0. The van der Waals surface area contributed by atoms with Crippen LogP contribution in [0.2, 0.25) is 0 Å². The molecular weight excluding hydrogens is 390 g/mol. The first-order valence-corrected chi connectivity index (χ1v) is 12.0. The van der Waals surface area contributed by atoms with E-state index in [0.29, 0.717) is 37.8 Å². The zero-order valence-electron chi connectivity index (χ0n) is 16.7. The molecule has 1 N–H and O–H groups in total. The van der Waals surface area contributed by atoms with Crippen molar-refractivity contribution < 1.29 is 17.9 Å². The molecule has 8 heteroatoms. The molecule has 4 rings (SSSR count). The number of ether oxygens (including phenoxy) is 1. The molecule has 1 aromatic carbocycles. The fourth-order valence-electron chi connectivity index (χ4n) is 4.72. The summed E-state index contributed by atoms with van der Waals surface area (Å²) in [4.78, 5) is 12.7. The van der Waals surface area contributed by atoms with Gasteiger partial charge in [-0.1, -0.05) is 25.3 Å². The maximum atomic E-state index is 12.8. The number of fused-ring (bicyclic) bond motifs is 1. The van der Waals surface area contributed by atoms with Gasteiger partial charge in [-0.25, -0.2) is 13.8 Å². The Morgan fingerprint density at radius 2 is 1.86 bits per heavy atom. The summed E-state index contributed by atoms with van der Waals surface area (Å²) in [6.07, 6.45) is 8.29. The Morgan fingerprint density at radius 1 is 1.10 bits per heavy atom. The fourth-order valence-corrected chi connectivity index (χ4v) is 6.17. The van der Waals surface area contributed by atoms with Crippen molar-refractivity contribution in [2.45, 2.75) is 49.8 Å². The number of hydrogen-bond acceptors (Lipinski definition) is 5. The summed E-state index contributed by atoms with van der Waals surface area (Å²) in [7, 11) is -3.63. The lowest BCUT2D eigenvalue weighted by atomic mass is 9.70. The molecule has 0 radical (unpaired) electrons. The quantitative estimate of drug-likeness (QED) is 0.760. The highest BCUT2D eigenvalue weighted by molar-refractivity contribution is 7.89. The number of nitrogens with one attached hydrogen (secondary N) is 1. The van der Waals surface area contributed by atoms with E-state index in [1.165, 1.54) is 42.1 Å². The van der Waals surface area contributed by atoms with E-state index in [-0.39, 0.29) is 10.8 Å². The van der Waals surface area contributed by atoms with Crippen LogP contribution < -0.4 is 5.43 Å². The number of rotatable bonds is 4. The second-order valence-corrected chi connectivity index (χ2v) is 10.1. The minimum Gasteiger partial charge on any atom is -0.379 e. The minimum absolute atomic E-state index is 0.127. The molecule has 1 amide bonds. The van der Waals surface area contributed by atoms with Gasteiger partial charge < -0.3 is 4.74 Å². The van der Waals surface area contributed by atoms with Crippen molar-refractivity contribution in [1.29, 1.82) is 0 Å². The molecule has 0 unspecified atom stereocenters. The summed E-state index contributed by atoms with van der Waals surface area (Å²) < 4.78 is 32.3. The van der Waals surface area contributed by atoms with Gasteiger partial charge in [-0.15, -0.1) is 0 Å². The van der Waals surface area contributed by atoms with Crippen molar-refractivity contribution in [3.05, 3.63) is 29.8 Å². The molecule has 7 nitrogen and oxygen atoms in total. The number of hydrogen-bond donors (Lipinski definition) is 1. The monoisotopic (exact) mass is 419 g/mol. The molecule has 1 heterocycles. The van der Waals surface area contributed by atoms with Crippen LogP contribution in [0.5, 0.6) is 0 Å². The Morgan fingerprint density at radius 3 is 2.66 bits per heavy atom. The number of benzene rings is 1. The van der Waals surface area contributed by atoms with Gasteiger partial charge in [-0.05, 0) is 55.7 Å². The highest BCUT2D eigenvalue weighted by atomic mass is 32.2. The molecule has 3 fully saturated rings. The molecule has 158 valence electrons. The van der Waals surface area contributed by atoms with Crippen LogP contribution in [0.25, 0.3) is 0 Å². The van der Waals surface area contributed by atoms with Crippen LogP contribution in [-0.2, 0) is 14.8 Å². The third-order valence-corrected chi connectivity index (χ3v) is 8.28. The van der Waals surface area contributed by atoms with Crippen LogP contribution in [-0.4, -0.2) is 50.6 Å². The summed E-state index contributed by atoms with van der Waals surface area (Å²) in [5, 5.41) is 4.37. The Hall–Kier alpha value is -1.77. The van der Waals surface area contributed by atoms with E-state index in [2.05, 4.69) is 10.5 Å². The number of carbonyl (C=O) groups excluding carboxylic acids is 1. The van der Waals surface area contributed by atoms with E-state index in [1.54, 1.807) is 12.1 Å². The molecule has 2 aliphatic carbocycles. The zero-order chi connectivity index (χ0) is 20.3. The maximum absolute atomic E-state index is 12.8. The van der Waals surface area contributed by atoms with Gasteiger partial charge >= 0.3 is 0 Å². The lowest BCUT2D eigenvalue weighted by Gasteiger charge is -2.35. The average Bonchev–Trinajstić information content (AvgIpc) is 2.78. The predicted octanol–water partition coefficient (Wildman–Crippen LogP) is 2.78. The van der Waals surface area contributed by atoms with Gasteiger partial charge in [0.05, 0.1) is 18.1 Å². The minimum atomic E-state index is -3.63. The molecular formula is C21H29N3O4S. The largest absolute Gasteiger partial charge is 0.379 e. The number of sulfonamides is 1. The Bertz CT molecular complexity index is 878. The average molecular weight is 420 g/mol. The second-order valence-electron chi connectivity index (χ2n) is 8.21. The van der Waals surface area contributed by atoms with Crippen molar-refractivity contribution >= 4 is 21.6 Å². The Kier molecular flexibility index (Phi) is 6.32. The molecule has 2 saturated carbocycles. The van der Waals surface area contributed by atoms with Crippen LogP contribution in [0.4, 0.5) is 0 Å². The molecule has 0 bridgehead atoms. The van der Waals surface area contributed by atoms with Crippen LogP contribution >= 0.6 is 0 Å². The van der Waals surface area contributed by atoms with Gasteiger partial charge in [0.2, 0.25) is 10.0 Å². The smallest absolute Gasteiger partial charge is 0.271 e. The van der Waals surface area contributed by atoms with Gasteiger partial charge in [0.15, 0.2) is 0 Å². The van der Waals surface area contributed by atoms with Crippen molar-refractivity contribution in [3.8, 4) is 0 Å². The molecule has 1 saturated heterocycles. The van der Waals surface area contributed by atoms with E-state index < -0.39 is 10.0 Å². The topological polar surface area (TPSA) is 88.1 Å². The first-order chi connectivity index (χ1) is 14.0. The normalized spacial score (nSPS) is 27.4. The summed E-state index contributed by atoms with van der Waals surface area (Å²) in [6, 6.07) is 6.17. The molecule has 3 aliphatic rings. The number of morpholine rings is 1. The number of hydrazone groups is 1. The van der Waals surface area contributed by atoms with E-state index in [0.717, 1.165) is 30.9 Å². The highest BCUT2D eigenvalue weighted by Gasteiger charge is 2.30. The van der Waals surface area contributed by atoms with E-state index >= 15 is 0 Å². The molecule has 1 aliphatic heterocycles. The zero-order valence-corrected chi connectivity index (χ0v) is 17.5. The molecule has 1 aromatic rings. The SMILES string of the molecule is O=C(N/N=C1/CC[C@@H]2CCCC[C@H]2C1)c1cccc(S(=O)(=O)N2CCOCC2)c1. The number of nitrogens with zero attached hydrogens (tertiary/aromatic N) is 2. The maximum Gasteiger partial charge on any atom is 0.271 e. The molecule has 0 aromatic heterocycles. The second kappa shape index (κ2) is 8.93. The van der Waals surface area contributed by atoms with Gasteiger partial charge in [0.1, 0.15) is 0 Å². The van der Waals surface area contributed by atoms with Gasteiger partial charge in [-0.3, -0.25) is 4.79 Å². The number of carbonyl (C=O) groups is 1. The first kappa shape index (κ1) is 20.5. The predicted molar refractivity (Wildman–Crippen MR) is 110 cm³/mol. The fraction of sp³-hybridized carbons (Fsp3) is 0.619. The van der Waals surface area contributed by atoms with Crippen LogP contribution in [0.3, 0.4) is 0 Å². The Balaban J connectivity index is 1.42. The lowest BCUT2D eigenvalue weighted by Crippen LogP contribution is -2.40. The number of amides is 1. The third kappa shape index (κ3) is 4.70. The molecule has 0 spiro atoms. The Labute approximate surface area is 172 Å². The summed E-state index contributed by atoms with van der Waals surface area (Å²) in [5.74, 6) is 1.15. The van der Waals surface area contributed by atoms with E-state index in [9.17, 15) is 13.2 Å². The van der Waals surface area contributed by atoms with Gasteiger partial charge in [0.25, 0.3) is 5.91 Å². The van der Waals surface area contributed by atoms with Crippen molar-refractivity contribution in [2.75, 3.05) is 26.3 Å². The van der Waals surface area contributed by atoms with Crippen LogP contribution in [0, 0.1) is 11.8 Å². The highest BCUT2D eigenvalue weighted by Crippen LogP contribution is 2.39. The first-order valence-electron chi connectivity index (χ1n) is 10.6. The molecule has 2 atom stereocenters.